The van der Waals surface area contributed by atoms with Crippen LogP contribution in [0.5, 0.6) is 0 Å². The van der Waals surface area contributed by atoms with Gasteiger partial charge >= 0.3 is 0 Å². The lowest BCUT2D eigenvalue weighted by atomic mass is 10.2. The lowest BCUT2D eigenvalue weighted by Gasteiger charge is -2.17. The van der Waals surface area contributed by atoms with Gasteiger partial charge in [-0.05, 0) is 12.1 Å². The van der Waals surface area contributed by atoms with Crippen LogP contribution in [0, 0.1) is 0 Å². The first-order chi connectivity index (χ1) is 9.51. The number of amides is 2. The number of carbonyl (C=O) groups excluding carboxylic acids is 2. The highest BCUT2D eigenvalue weighted by Crippen LogP contribution is 2.05. The number of aromatic nitrogens is 1. The number of nitrogens with zero attached hydrogens (tertiary/aromatic N) is 3. The number of carbonyl (C=O) groups is 2. The molecule has 0 aromatic carbocycles. The second-order valence-corrected chi connectivity index (χ2v) is 4.31. The molecule has 0 spiro atoms. The van der Waals surface area contributed by atoms with Crippen molar-refractivity contribution in [2.75, 3.05) is 40.4 Å². The van der Waals surface area contributed by atoms with Gasteiger partial charge in [-0.25, -0.2) is 4.98 Å². The Hall–Kier alpha value is -1.99. The first-order valence-corrected chi connectivity index (χ1v) is 6.21. The zero-order chi connectivity index (χ0) is 15.1. The third-order valence-corrected chi connectivity index (χ3v) is 2.75. The molecule has 0 saturated heterocycles. The molecule has 0 unspecified atom stereocenters. The van der Waals surface area contributed by atoms with Gasteiger partial charge in [-0.3, -0.25) is 9.59 Å². The normalized spacial score (nSPS) is 10.2. The van der Waals surface area contributed by atoms with Crippen LogP contribution in [0.1, 0.15) is 21.0 Å². The Bertz CT molecular complexity index is 439. The molecule has 0 fully saturated rings. The number of pyridine rings is 1. The van der Waals surface area contributed by atoms with Crippen molar-refractivity contribution in [1.82, 2.24) is 14.8 Å². The molecular formula is C13H19N3O4. The first-order valence-electron chi connectivity index (χ1n) is 6.21. The van der Waals surface area contributed by atoms with Gasteiger partial charge in [0.1, 0.15) is 11.4 Å². The van der Waals surface area contributed by atoms with Crippen molar-refractivity contribution in [2.45, 2.75) is 0 Å². The van der Waals surface area contributed by atoms with Gasteiger partial charge < -0.3 is 20.0 Å². The number of rotatable bonds is 6. The molecule has 1 heterocycles. The van der Waals surface area contributed by atoms with Crippen molar-refractivity contribution in [3.63, 3.8) is 0 Å². The number of hydrogen-bond donors (Lipinski definition) is 2. The minimum absolute atomic E-state index is 0.139. The Balaban J connectivity index is 2.90. The molecule has 2 N–H and O–H groups in total. The molecule has 0 atom stereocenters. The van der Waals surface area contributed by atoms with Gasteiger partial charge in [0, 0.05) is 27.2 Å². The minimum atomic E-state index is -0.362. The largest absolute Gasteiger partial charge is 0.395 e. The standard InChI is InChI=1S/C13H19N3O4/c1-15(6-8-17)12(19)10-4-3-5-11(14-10)13(20)16(2)7-9-18/h3-5,17-18H,6-9H2,1-2H3. The van der Waals surface area contributed by atoms with Crippen molar-refractivity contribution in [3.8, 4) is 0 Å². The Labute approximate surface area is 117 Å². The van der Waals surface area contributed by atoms with Crippen molar-refractivity contribution >= 4 is 11.8 Å². The molecule has 0 saturated carbocycles. The lowest BCUT2D eigenvalue weighted by Crippen LogP contribution is -2.32. The smallest absolute Gasteiger partial charge is 0.272 e. The molecule has 20 heavy (non-hydrogen) atoms. The average Bonchev–Trinajstić information content (AvgIpc) is 2.46. The van der Waals surface area contributed by atoms with E-state index in [4.69, 9.17) is 10.2 Å². The monoisotopic (exact) mass is 281 g/mol. The molecule has 0 bridgehead atoms. The maximum atomic E-state index is 12.0. The molecule has 1 rings (SSSR count). The van der Waals surface area contributed by atoms with E-state index in [1.807, 2.05) is 0 Å². The highest BCUT2D eigenvalue weighted by Gasteiger charge is 2.17. The fraction of sp³-hybridized carbons (Fsp3) is 0.462. The van der Waals surface area contributed by atoms with Gasteiger partial charge in [0.15, 0.2) is 0 Å². The third-order valence-electron chi connectivity index (χ3n) is 2.75. The van der Waals surface area contributed by atoms with Crippen LogP contribution < -0.4 is 0 Å². The SMILES string of the molecule is CN(CCO)C(=O)c1cccc(C(=O)N(C)CCO)n1. The Morgan fingerprint density at radius 1 is 1.00 bits per heavy atom. The number of hydrogen-bond acceptors (Lipinski definition) is 5. The molecule has 0 aliphatic rings. The van der Waals surface area contributed by atoms with Gasteiger partial charge in [0.05, 0.1) is 13.2 Å². The lowest BCUT2D eigenvalue weighted by molar-refractivity contribution is 0.0752. The predicted octanol–water partition coefficient (Wildman–Crippen LogP) is -0.790. The maximum absolute atomic E-state index is 12.0. The summed E-state index contributed by atoms with van der Waals surface area (Å²) in [5.74, 6) is -0.725. The molecule has 7 nitrogen and oxygen atoms in total. The summed E-state index contributed by atoms with van der Waals surface area (Å²) in [6.45, 7) is 0.117. The summed E-state index contributed by atoms with van der Waals surface area (Å²) in [4.78, 5) is 30.7. The van der Waals surface area contributed by atoms with Gasteiger partial charge in [-0.15, -0.1) is 0 Å². The number of likely N-dealkylation sites (N-methyl/N-ethyl adjacent to an activating group) is 2. The molecular weight excluding hydrogens is 262 g/mol. The van der Waals surface area contributed by atoms with E-state index in [-0.39, 0.29) is 49.5 Å². The molecule has 0 aliphatic heterocycles. The second-order valence-electron chi connectivity index (χ2n) is 4.31. The van der Waals surface area contributed by atoms with Gasteiger partial charge in [0.25, 0.3) is 11.8 Å². The second kappa shape index (κ2) is 7.56. The van der Waals surface area contributed by atoms with E-state index in [1.165, 1.54) is 21.9 Å². The number of aliphatic hydroxyl groups is 2. The molecule has 1 aromatic heterocycles. The quantitative estimate of drug-likeness (QED) is 0.712. The summed E-state index contributed by atoms with van der Waals surface area (Å²) < 4.78 is 0. The summed E-state index contributed by atoms with van der Waals surface area (Å²) >= 11 is 0. The summed E-state index contributed by atoms with van der Waals surface area (Å²) in [5.41, 5.74) is 0.286. The molecule has 110 valence electrons. The van der Waals surface area contributed by atoms with E-state index in [0.717, 1.165) is 0 Å². The maximum Gasteiger partial charge on any atom is 0.272 e. The molecule has 0 aliphatic carbocycles. The van der Waals surface area contributed by atoms with Crippen LogP contribution in [0.15, 0.2) is 18.2 Å². The molecule has 2 amide bonds. The zero-order valence-corrected chi connectivity index (χ0v) is 11.6. The Kier molecular flexibility index (Phi) is 6.08. The van der Waals surface area contributed by atoms with E-state index >= 15 is 0 Å². The van der Waals surface area contributed by atoms with Crippen LogP contribution in [0.3, 0.4) is 0 Å². The van der Waals surface area contributed by atoms with E-state index < -0.39 is 0 Å². The average molecular weight is 281 g/mol. The summed E-state index contributed by atoms with van der Waals surface area (Å²) in [7, 11) is 3.10. The number of aliphatic hydroxyl groups excluding tert-OH is 2. The highest BCUT2D eigenvalue weighted by atomic mass is 16.3. The fourth-order valence-corrected chi connectivity index (χ4v) is 1.57. The van der Waals surface area contributed by atoms with E-state index in [1.54, 1.807) is 20.2 Å². The molecule has 1 aromatic rings. The summed E-state index contributed by atoms with van der Waals surface area (Å²) in [6, 6.07) is 4.60. The summed E-state index contributed by atoms with van der Waals surface area (Å²) in [5, 5.41) is 17.6. The first kappa shape index (κ1) is 16.1. The Morgan fingerprint density at radius 2 is 1.40 bits per heavy atom. The van der Waals surface area contributed by atoms with Crippen LogP contribution in [0.2, 0.25) is 0 Å². The molecule has 0 radical (unpaired) electrons. The van der Waals surface area contributed by atoms with E-state index in [9.17, 15) is 9.59 Å². The zero-order valence-electron chi connectivity index (χ0n) is 11.6. The van der Waals surface area contributed by atoms with E-state index in [0.29, 0.717) is 0 Å². The topological polar surface area (TPSA) is 94.0 Å². The third kappa shape index (κ3) is 4.01. The fourth-order valence-electron chi connectivity index (χ4n) is 1.57. The summed E-state index contributed by atoms with van der Waals surface area (Å²) in [6.07, 6.45) is 0. The van der Waals surface area contributed by atoms with Crippen molar-refractivity contribution in [2.24, 2.45) is 0 Å². The van der Waals surface area contributed by atoms with Gasteiger partial charge in [-0.2, -0.15) is 0 Å². The van der Waals surface area contributed by atoms with E-state index in [2.05, 4.69) is 4.98 Å². The van der Waals surface area contributed by atoms with Crippen LogP contribution in [0.4, 0.5) is 0 Å². The van der Waals surface area contributed by atoms with Crippen molar-refractivity contribution in [1.29, 1.82) is 0 Å². The predicted molar refractivity (Wildman–Crippen MR) is 72.3 cm³/mol. The van der Waals surface area contributed by atoms with Crippen LogP contribution in [-0.4, -0.2) is 77.2 Å². The van der Waals surface area contributed by atoms with Crippen LogP contribution in [0.25, 0.3) is 0 Å². The Morgan fingerprint density at radius 3 is 1.75 bits per heavy atom. The van der Waals surface area contributed by atoms with Crippen molar-refractivity contribution < 1.29 is 19.8 Å². The molecule has 7 heteroatoms. The minimum Gasteiger partial charge on any atom is -0.395 e. The van der Waals surface area contributed by atoms with Crippen molar-refractivity contribution in [3.05, 3.63) is 29.6 Å². The van der Waals surface area contributed by atoms with Gasteiger partial charge in [-0.1, -0.05) is 6.07 Å². The van der Waals surface area contributed by atoms with Gasteiger partial charge in [0.2, 0.25) is 0 Å². The van der Waals surface area contributed by atoms with Crippen LogP contribution in [-0.2, 0) is 0 Å². The highest BCUT2D eigenvalue weighted by molar-refractivity contribution is 5.96. The van der Waals surface area contributed by atoms with Crippen LogP contribution >= 0.6 is 0 Å².